The molecule has 0 saturated heterocycles. The third-order valence-corrected chi connectivity index (χ3v) is 3.36. The van der Waals surface area contributed by atoms with Crippen molar-refractivity contribution in [2.24, 2.45) is 4.99 Å². The third kappa shape index (κ3) is 3.20. The van der Waals surface area contributed by atoms with Gasteiger partial charge in [-0.1, -0.05) is 72.3 Å². The van der Waals surface area contributed by atoms with Crippen molar-refractivity contribution >= 4 is 17.8 Å². The number of nitrogens with zero attached hydrogens (tertiary/aromatic N) is 1. The first kappa shape index (κ1) is 14.0. The fourth-order valence-corrected chi connectivity index (χ4v) is 2.15. The monoisotopic (exact) mass is 288 g/mol. The van der Waals surface area contributed by atoms with Crippen LogP contribution in [0.15, 0.2) is 77.4 Å². The SMILES string of the molecule is Cc1ccc(C2=N/C(=C\C=C\c3ccccc3)C(=O)N2)cc1. The van der Waals surface area contributed by atoms with Crippen molar-refractivity contribution < 1.29 is 4.79 Å². The van der Waals surface area contributed by atoms with Gasteiger partial charge in [-0.25, -0.2) is 4.99 Å². The van der Waals surface area contributed by atoms with E-state index in [1.165, 1.54) is 5.56 Å². The zero-order valence-corrected chi connectivity index (χ0v) is 12.3. The number of carbonyl (C=O) groups excluding carboxylic acids is 1. The van der Waals surface area contributed by atoms with E-state index in [9.17, 15) is 4.79 Å². The van der Waals surface area contributed by atoms with Crippen LogP contribution in [-0.4, -0.2) is 11.7 Å². The largest absolute Gasteiger partial charge is 0.305 e. The second kappa shape index (κ2) is 6.22. The Balaban J connectivity index is 1.79. The van der Waals surface area contributed by atoms with E-state index >= 15 is 0 Å². The Morgan fingerprint density at radius 1 is 1.00 bits per heavy atom. The summed E-state index contributed by atoms with van der Waals surface area (Å²) in [7, 11) is 0. The molecule has 0 aromatic heterocycles. The molecule has 3 rings (SSSR count). The molecule has 0 radical (unpaired) electrons. The molecule has 1 aliphatic rings. The topological polar surface area (TPSA) is 41.5 Å². The van der Waals surface area contributed by atoms with Crippen LogP contribution in [0.3, 0.4) is 0 Å². The van der Waals surface area contributed by atoms with Crippen LogP contribution in [0.25, 0.3) is 6.08 Å². The maximum absolute atomic E-state index is 11.9. The Hall–Kier alpha value is -2.94. The summed E-state index contributed by atoms with van der Waals surface area (Å²) in [4.78, 5) is 16.3. The number of hydrogen-bond acceptors (Lipinski definition) is 2. The zero-order chi connectivity index (χ0) is 15.4. The highest BCUT2D eigenvalue weighted by Crippen LogP contribution is 2.12. The van der Waals surface area contributed by atoms with Gasteiger partial charge >= 0.3 is 0 Å². The molecule has 3 nitrogen and oxygen atoms in total. The Labute approximate surface area is 129 Å². The van der Waals surface area contributed by atoms with Gasteiger partial charge in [0, 0.05) is 5.56 Å². The van der Waals surface area contributed by atoms with Crippen molar-refractivity contribution in [1.29, 1.82) is 0 Å². The Kier molecular flexibility index (Phi) is 3.97. The molecule has 108 valence electrons. The van der Waals surface area contributed by atoms with Gasteiger partial charge < -0.3 is 5.32 Å². The van der Waals surface area contributed by atoms with Crippen molar-refractivity contribution in [2.75, 3.05) is 0 Å². The third-order valence-electron chi connectivity index (χ3n) is 3.36. The molecule has 1 N–H and O–H groups in total. The van der Waals surface area contributed by atoms with Gasteiger partial charge in [-0.15, -0.1) is 0 Å². The van der Waals surface area contributed by atoms with Gasteiger partial charge in [-0.05, 0) is 18.6 Å². The van der Waals surface area contributed by atoms with Crippen LogP contribution in [0, 0.1) is 6.92 Å². The molecule has 1 amide bonds. The summed E-state index contributed by atoms with van der Waals surface area (Å²) in [6.07, 6.45) is 5.51. The molecule has 0 bridgehead atoms. The molecule has 22 heavy (non-hydrogen) atoms. The molecular weight excluding hydrogens is 272 g/mol. The van der Waals surface area contributed by atoms with E-state index in [-0.39, 0.29) is 5.91 Å². The summed E-state index contributed by atoms with van der Waals surface area (Å²) in [6.45, 7) is 2.03. The normalized spacial score (nSPS) is 16.1. The van der Waals surface area contributed by atoms with E-state index in [4.69, 9.17) is 0 Å². The van der Waals surface area contributed by atoms with Crippen LogP contribution in [0.1, 0.15) is 16.7 Å². The molecule has 0 aliphatic carbocycles. The van der Waals surface area contributed by atoms with E-state index in [0.29, 0.717) is 11.5 Å². The van der Waals surface area contributed by atoms with Gasteiger partial charge in [-0.2, -0.15) is 0 Å². The molecule has 2 aromatic rings. The lowest BCUT2D eigenvalue weighted by Crippen LogP contribution is -2.24. The summed E-state index contributed by atoms with van der Waals surface area (Å²) in [5.41, 5.74) is 3.59. The van der Waals surface area contributed by atoms with E-state index in [1.807, 2.05) is 73.7 Å². The number of amidine groups is 1. The summed E-state index contributed by atoms with van der Waals surface area (Å²) in [5, 5.41) is 2.80. The van der Waals surface area contributed by atoms with E-state index in [2.05, 4.69) is 10.3 Å². The number of aryl methyl sites for hydroxylation is 1. The highest BCUT2D eigenvalue weighted by Gasteiger charge is 2.20. The lowest BCUT2D eigenvalue weighted by atomic mass is 10.1. The van der Waals surface area contributed by atoms with Gasteiger partial charge in [0.05, 0.1) is 0 Å². The number of benzene rings is 2. The predicted molar refractivity (Wildman–Crippen MR) is 89.4 cm³/mol. The highest BCUT2D eigenvalue weighted by molar-refractivity contribution is 6.18. The van der Waals surface area contributed by atoms with Gasteiger partial charge in [0.1, 0.15) is 11.5 Å². The second-order valence-corrected chi connectivity index (χ2v) is 5.10. The highest BCUT2D eigenvalue weighted by atomic mass is 16.2. The number of allylic oxidation sites excluding steroid dienone is 2. The Morgan fingerprint density at radius 2 is 1.73 bits per heavy atom. The maximum Gasteiger partial charge on any atom is 0.275 e. The standard InChI is InChI=1S/C19H16N2O/c1-14-10-12-16(13-11-14)18-20-17(19(22)21-18)9-5-8-15-6-3-2-4-7-15/h2-13H,1H3,(H,20,21,22)/b8-5+,17-9-. The molecule has 0 fully saturated rings. The van der Waals surface area contributed by atoms with Crippen LogP contribution in [0.2, 0.25) is 0 Å². The van der Waals surface area contributed by atoms with Crippen molar-refractivity contribution in [2.45, 2.75) is 6.92 Å². The van der Waals surface area contributed by atoms with Crippen LogP contribution < -0.4 is 5.32 Å². The molecule has 0 unspecified atom stereocenters. The van der Waals surface area contributed by atoms with Crippen LogP contribution in [-0.2, 0) is 4.79 Å². The van der Waals surface area contributed by atoms with Gasteiger partial charge in [0.2, 0.25) is 0 Å². The van der Waals surface area contributed by atoms with Crippen molar-refractivity contribution in [3.63, 3.8) is 0 Å². The lowest BCUT2D eigenvalue weighted by Gasteiger charge is -2.00. The number of rotatable bonds is 3. The van der Waals surface area contributed by atoms with E-state index in [1.54, 1.807) is 6.08 Å². The molecule has 0 spiro atoms. The van der Waals surface area contributed by atoms with Crippen LogP contribution in [0.4, 0.5) is 0 Å². The Morgan fingerprint density at radius 3 is 2.45 bits per heavy atom. The number of aliphatic imine (C=N–C) groups is 1. The number of carbonyl (C=O) groups is 1. The second-order valence-electron chi connectivity index (χ2n) is 5.10. The van der Waals surface area contributed by atoms with E-state index < -0.39 is 0 Å². The predicted octanol–water partition coefficient (Wildman–Crippen LogP) is 3.47. The summed E-state index contributed by atoms with van der Waals surface area (Å²) < 4.78 is 0. The summed E-state index contributed by atoms with van der Waals surface area (Å²) in [6, 6.07) is 17.8. The molecule has 0 atom stereocenters. The fourth-order valence-electron chi connectivity index (χ4n) is 2.15. The summed E-state index contributed by atoms with van der Waals surface area (Å²) in [5.74, 6) is 0.428. The minimum atomic E-state index is -0.173. The van der Waals surface area contributed by atoms with Crippen molar-refractivity contribution in [3.8, 4) is 0 Å². The van der Waals surface area contributed by atoms with Gasteiger partial charge in [-0.3, -0.25) is 4.79 Å². The average Bonchev–Trinajstić information content (AvgIpc) is 2.90. The van der Waals surface area contributed by atoms with Crippen LogP contribution >= 0.6 is 0 Å². The smallest absolute Gasteiger partial charge is 0.275 e. The van der Waals surface area contributed by atoms with Crippen LogP contribution in [0.5, 0.6) is 0 Å². The molecule has 1 heterocycles. The number of amides is 1. The molecule has 1 aliphatic heterocycles. The van der Waals surface area contributed by atoms with Gasteiger partial charge in [0.25, 0.3) is 5.91 Å². The number of hydrogen-bond donors (Lipinski definition) is 1. The lowest BCUT2D eigenvalue weighted by molar-refractivity contribution is -0.115. The van der Waals surface area contributed by atoms with Crippen molar-refractivity contribution in [3.05, 3.63) is 89.1 Å². The first-order valence-corrected chi connectivity index (χ1v) is 7.13. The first-order chi connectivity index (χ1) is 10.7. The maximum atomic E-state index is 11.9. The van der Waals surface area contributed by atoms with Gasteiger partial charge in [0.15, 0.2) is 0 Å². The Bertz CT molecular complexity index is 769. The van der Waals surface area contributed by atoms with Crippen molar-refractivity contribution in [1.82, 2.24) is 5.32 Å². The molecule has 2 aromatic carbocycles. The quantitative estimate of drug-likeness (QED) is 0.863. The molecule has 3 heteroatoms. The zero-order valence-electron chi connectivity index (χ0n) is 12.3. The minimum absolute atomic E-state index is 0.173. The number of nitrogens with one attached hydrogen (secondary N) is 1. The average molecular weight is 288 g/mol. The van der Waals surface area contributed by atoms with E-state index in [0.717, 1.165) is 11.1 Å². The fraction of sp³-hybridized carbons (Fsp3) is 0.0526. The molecular formula is C19H16N2O. The molecule has 0 saturated carbocycles. The first-order valence-electron chi connectivity index (χ1n) is 7.13. The minimum Gasteiger partial charge on any atom is -0.305 e. The summed E-state index contributed by atoms with van der Waals surface area (Å²) >= 11 is 0.